The summed E-state index contributed by atoms with van der Waals surface area (Å²) in [5.41, 5.74) is 0.533. The van der Waals surface area contributed by atoms with Crippen LogP contribution >= 0.6 is 0 Å². The van der Waals surface area contributed by atoms with Gasteiger partial charge in [-0.25, -0.2) is 18.3 Å². The molecule has 1 aromatic carbocycles. The van der Waals surface area contributed by atoms with E-state index in [-0.39, 0.29) is 43.2 Å². The number of anilines is 2. The Morgan fingerprint density at radius 3 is 2.64 bits per heavy atom. The number of ketones is 1. The minimum atomic E-state index is -1.14. The van der Waals surface area contributed by atoms with Crippen LogP contribution in [0.3, 0.4) is 0 Å². The number of hydrogen-bond acceptors (Lipinski definition) is 6. The molecule has 0 spiro atoms. The largest absolute Gasteiger partial charge is 0.442 e. The third-order valence-electron chi connectivity index (χ3n) is 4.60. The summed E-state index contributed by atoms with van der Waals surface area (Å²) in [6.07, 6.45) is 3.35. The highest BCUT2D eigenvalue weighted by molar-refractivity contribution is 5.92. The van der Waals surface area contributed by atoms with Crippen LogP contribution in [-0.2, 0) is 16.1 Å². The SMILES string of the molecule is Cc1cn(C[C@H]2CN(c3ccc(N4C=CC(=O)CC4)c(F)c3F)C(=O)O2)nn1. The molecule has 2 aromatic rings. The third kappa shape index (κ3) is 3.32. The van der Waals surface area contributed by atoms with Crippen LogP contribution in [0.5, 0.6) is 0 Å². The van der Waals surface area contributed by atoms with Crippen LogP contribution in [0.4, 0.5) is 25.0 Å². The molecule has 4 rings (SSSR count). The van der Waals surface area contributed by atoms with E-state index in [9.17, 15) is 18.4 Å². The van der Waals surface area contributed by atoms with Crippen molar-refractivity contribution in [2.75, 3.05) is 22.9 Å². The molecule has 1 amide bonds. The van der Waals surface area contributed by atoms with Gasteiger partial charge in [-0.2, -0.15) is 0 Å². The highest BCUT2D eigenvalue weighted by atomic mass is 19.2. The Hall–Kier alpha value is -3.30. The second kappa shape index (κ2) is 7.02. The van der Waals surface area contributed by atoms with Crippen LogP contribution in [0, 0.1) is 18.6 Å². The summed E-state index contributed by atoms with van der Waals surface area (Å²) in [4.78, 5) is 26.0. The maximum atomic E-state index is 14.7. The maximum Gasteiger partial charge on any atom is 0.414 e. The van der Waals surface area contributed by atoms with E-state index < -0.39 is 23.8 Å². The van der Waals surface area contributed by atoms with Gasteiger partial charge in [-0.05, 0) is 25.1 Å². The van der Waals surface area contributed by atoms with Crippen molar-refractivity contribution in [3.05, 3.63) is 47.9 Å². The van der Waals surface area contributed by atoms with Crippen LogP contribution in [0.1, 0.15) is 12.1 Å². The molecule has 1 aromatic heterocycles. The van der Waals surface area contributed by atoms with Crippen molar-refractivity contribution in [3.8, 4) is 0 Å². The predicted octanol–water partition coefficient (Wildman–Crippen LogP) is 2.18. The molecule has 0 radical (unpaired) electrons. The molecular weight excluding hydrogens is 372 g/mol. The average Bonchev–Trinajstić information content (AvgIpc) is 3.23. The molecule has 10 heteroatoms. The highest BCUT2D eigenvalue weighted by Crippen LogP contribution is 2.32. The fraction of sp³-hybridized carbons (Fsp3) is 0.333. The number of nitrogens with zero attached hydrogens (tertiary/aromatic N) is 5. The molecule has 146 valence electrons. The molecule has 0 saturated carbocycles. The Morgan fingerprint density at radius 1 is 1.21 bits per heavy atom. The van der Waals surface area contributed by atoms with Gasteiger partial charge in [0.2, 0.25) is 0 Å². The van der Waals surface area contributed by atoms with Gasteiger partial charge >= 0.3 is 6.09 Å². The van der Waals surface area contributed by atoms with Crippen LogP contribution in [0.2, 0.25) is 0 Å². The number of aryl methyl sites for hydroxylation is 1. The number of amides is 1. The van der Waals surface area contributed by atoms with Crippen LogP contribution in [-0.4, -0.2) is 46.1 Å². The van der Waals surface area contributed by atoms with E-state index in [1.54, 1.807) is 13.1 Å². The standard InChI is InChI=1S/C18H17F2N5O3/c1-11-8-24(22-21-11)9-13-10-25(18(27)28-13)15-3-2-14(16(19)17(15)20)23-6-4-12(26)5-7-23/h2-4,6,8,13H,5,7,9-10H2,1H3/t13-/m0/s1. The normalized spacial score (nSPS) is 19.5. The molecular formula is C18H17F2N5O3. The Morgan fingerprint density at radius 2 is 1.96 bits per heavy atom. The van der Waals surface area contributed by atoms with E-state index in [0.29, 0.717) is 0 Å². The number of aromatic nitrogens is 3. The summed E-state index contributed by atoms with van der Waals surface area (Å²) >= 11 is 0. The molecule has 1 fully saturated rings. The summed E-state index contributed by atoms with van der Waals surface area (Å²) in [5.74, 6) is -2.29. The minimum absolute atomic E-state index is 0.00667. The van der Waals surface area contributed by atoms with Crippen LogP contribution in [0.15, 0.2) is 30.6 Å². The topological polar surface area (TPSA) is 80.6 Å². The van der Waals surface area contributed by atoms with Gasteiger partial charge in [0.15, 0.2) is 17.4 Å². The van der Waals surface area contributed by atoms with Gasteiger partial charge < -0.3 is 9.64 Å². The number of benzene rings is 1. The van der Waals surface area contributed by atoms with Gasteiger partial charge in [-0.1, -0.05) is 5.21 Å². The molecule has 28 heavy (non-hydrogen) atoms. The first-order valence-corrected chi connectivity index (χ1v) is 8.73. The van der Waals surface area contributed by atoms with E-state index in [1.807, 2.05) is 0 Å². The van der Waals surface area contributed by atoms with E-state index >= 15 is 0 Å². The monoisotopic (exact) mass is 389 g/mol. The average molecular weight is 389 g/mol. The first-order chi connectivity index (χ1) is 13.4. The van der Waals surface area contributed by atoms with Crippen molar-refractivity contribution >= 4 is 23.3 Å². The molecule has 0 N–H and O–H groups in total. The van der Waals surface area contributed by atoms with Crippen molar-refractivity contribution in [1.29, 1.82) is 0 Å². The van der Waals surface area contributed by atoms with Gasteiger partial charge in [-0.3, -0.25) is 9.69 Å². The first-order valence-electron chi connectivity index (χ1n) is 8.73. The lowest BCUT2D eigenvalue weighted by atomic mass is 10.1. The van der Waals surface area contributed by atoms with E-state index in [4.69, 9.17) is 4.74 Å². The smallest absolute Gasteiger partial charge is 0.414 e. The fourth-order valence-electron chi connectivity index (χ4n) is 3.23. The summed E-state index contributed by atoms with van der Waals surface area (Å²) in [6, 6.07) is 2.72. The second-order valence-corrected chi connectivity index (χ2v) is 6.66. The quantitative estimate of drug-likeness (QED) is 0.798. The fourth-order valence-corrected chi connectivity index (χ4v) is 3.23. The lowest BCUT2D eigenvalue weighted by Gasteiger charge is -2.24. The molecule has 8 nitrogen and oxygen atoms in total. The number of carbonyl (C=O) groups excluding carboxylic acids is 2. The minimum Gasteiger partial charge on any atom is -0.442 e. The first kappa shape index (κ1) is 18.1. The summed E-state index contributed by atoms with van der Waals surface area (Å²) < 4.78 is 36.1. The molecule has 0 aliphatic carbocycles. The third-order valence-corrected chi connectivity index (χ3v) is 4.60. The molecule has 0 bridgehead atoms. The number of ether oxygens (including phenoxy) is 1. The van der Waals surface area contributed by atoms with Gasteiger partial charge in [-0.15, -0.1) is 5.10 Å². The maximum absolute atomic E-state index is 14.7. The van der Waals surface area contributed by atoms with Gasteiger partial charge in [0, 0.05) is 25.4 Å². The molecule has 2 aliphatic heterocycles. The molecule has 0 unspecified atom stereocenters. The lowest BCUT2D eigenvalue weighted by Crippen LogP contribution is -2.28. The summed E-state index contributed by atoms with van der Waals surface area (Å²) in [7, 11) is 0. The van der Waals surface area contributed by atoms with Crippen molar-refractivity contribution in [2.45, 2.75) is 26.0 Å². The Kier molecular flexibility index (Phi) is 4.54. The Labute approximate surface area is 159 Å². The Bertz CT molecular complexity index is 974. The van der Waals surface area contributed by atoms with Crippen LogP contribution in [0.25, 0.3) is 0 Å². The number of halogens is 2. The predicted molar refractivity (Wildman–Crippen MR) is 94.8 cm³/mol. The van der Waals surface area contributed by atoms with Crippen molar-refractivity contribution in [1.82, 2.24) is 15.0 Å². The number of carbonyl (C=O) groups is 2. The molecule has 2 aliphatic rings. The summed E-state index contributed by atoms with van der Waals surface area (Å²) in [6.45, 7) is 2.36. The number of hydrogen-bond donors (Lipinski definition) is 0. The lowest BCUT2D eigenvalue weighted by molar-refractivity contribution is -0.114. The zero-order valence-corrected chi connectivity index (χ0v) is 15.0. The zero-order chi connectivity index (χ0) is 19.8. The molecule has 1 saturated heterocycles. The molecule has 3 heterocycles. The van der Waals surface area contributed by atoms with Gasteiger partial charge in [0.1, 0.15) is 6.10 Å². The second-order valence-electron chi connectivity index (χ2n) is 6.66. The van der Waals surface area contributed by atoms with Crippen molar-refractivity contribution < 1.29 is 23.1 Å². The van der Waals surface area contributed by atoms with E-state index in [2.05, 4.69) is 10.3 Å². The zero-order valence-electron chi connectivity index (χ0n) is 15.0. The highest BCUT2D eigenvalue weighted by Gasteiger charge is 2.35. The van der Waals surface area contributed by atoms with E-state index in [0.717, 1.165) is 10.6 Å². The number of cyclic esters (lactones) is 1. The van der Waals surface area contributed by atoms with Gasteiger partial charge in [0.05, 0.1) is 30.2 Å². The number of allylic oxidation sites excluding steroid dienone is 1. The van der Waals surface area contributed by atoms with E-state index in [1.165, 1.54) is 34.0 Å². The number of rotatable bonds is 4. The van der Waals surface area contributed by atoms with Crippen LogP contribution < -0.4 is 9.80 Å². The van der Waals surface area contributed by atoms with Gasteiger partial charge in [0.25, 0.3) is 0 Å². The Balaban J connectivity index is 1.54. The molecule has 1 atom stereocenters. The van der Waals surface area contributed by atoms with Crippen molar-refractivity contribution in [3.63, 3.8) is 0 Å². The van der Waals surface area contributed by atoms with Crippen molar-refractivity contribution in [2.24, 2.45) is 0 Å². The summed E-state index contributed by atoms with van der Waals surface area (Å²) in [5, 5.41) is 7.75.